The maximum absolute atomic E-state index is 5.93. The fourth-order valence-electron chi connectivity index (χ4n) is 2.52. The average molecular weight is 421 g/mol. The molecule has 0 unspecified atom stereocenters. The van der Waals surface area contributed by atoms with E-state index in [4.69, 9.17) is 10.5 Å². The lowest BCUT2D eigenvalue weighted by Gasteiger charge is -2.25. The Morgan fingerprint density at radius 3 is 2.77 bits per heavy atom. The quantitative estimate of drug-likeness (QED) is 0.401. The Bertz CT molecular complexity index is 496. The number of hydrogen-bond donors (Lipinski definition) is 2. The van der Waals surface area contributed by atoms with Crippen molar-refractivity contribution in [1.82, 2.24) is 15.1 Å². The Morgan fingerprint density at radius 1 is 1.45 bits per heavy atom. The number of nitrogens with one attached hydrogen (secondary N) is 1. The normalized spacial score (nSPS) is 15.3. The van der Waals surface area contributed by atoms with E-state index in [9.17, 15) is 0 Å². The molecule has 0 atom stereocenters. The highest BCUT2D eigenvalue weighted by Gasteiger charge is 2.17. The molecule has 1 aromatic rings. The molecule has 1 heterocycles. The lowest BCUT2D eigenvalue weighted by atomic mass is 9.85. The van der Waals surface area contributed by atoms with Crippen LogP contribution in [0.25, 0.3) is 0 Å². The number of hydrogen-bond acceptors (Lipinski definition) is 3. The van der Waals surface area contributed by atoms with Gasteiger partial charge in [-0.25, -0.2) is 4.99 Å². The standard InChI is InChI=1S/C15H27N5O.HI/c1-11-14(12(2)20(19-11)7-8-21-3)10-18-15(16)17-9-13-5-4-6-13;/h13H,4-10H2,1-3H3,(H3,16,17,18);1H. The van der Waals surface area contributed by atoms with Crippen LogP contribution in [0, 0.1) is 19.8 Å². The number of halogens is 1. The number of ether oxygens (including phenoxy) is 1. The molecule has 1 fully saturated rings. The van der Waals surface area contributed by atoms with Gasteiger partial charge in [0.2, 0.25) is 0 Å². The number of aromatic nitrogens is 2. The highest BCUT2D eigenvalue weighted by molar-refractivity contribution is 14.0. The highest BCUT2D eigenvalue weighted by atomic mass is 127. The first-order valence-corrected chi connectivity index (χ1v) is 7.67. The van der Waals surface area contributed by atoms with E-state index in [-0.39, 0.29) is 24.0 Å². The minimum Gasteiger partial charge on any atom is -0.383 e. The van der Waals surface area contributed by atoms with Crippen molar-refractivity contribution in [3.63, 3.8) is 0 Å². The van der Waals surface area contributed by atoms with E-state index in [1.165, 1.54) is 19.3 Å². The lowest BCUT2D eigenvalue weighted by molar-refractivity contribution is 0.182. The SMILES string of the molecule is COCCn1nc(C)c(CN=C(N)NCC2CCC2)c1C.I. The fraction of sp³-hybridized carbons (Fsp3) is 0.733. The zero-order chi connectivity index (χ0) is 15.2. The summed E-state index contributed by atoms with van der Waals surface area (Å²) in [6.07, 6.45) is 3.97. The van der Waals surface area contributed by atoms with Crippen molar-refractivity contribution in [2.75, 3.05) is 20.3 Å². The maximum Gasteiger partial charge on any atom is 0.188 e. The van der Waals surface area contributed by atoms with E-state index in [1.54, 1.807) is 7.11 Å². The molecule has 0 saturated heterocycles. The molecule has 1 aliphatic rings. The third-order valence-electron chi connectivity index (χ3n) is 4.24. The van der Waals surface area contributed by atoms with Crippen LogP contribution in [0.1, 0.15) is 36.2 Å². The van der Waals surface area contributed by atoms with Gasteiger partial charge in [0.25, 0.3) is 0 Å². The van der Waals surface area contributed by atoms with E-state index in [0.717, 1.165) is 36.0 Å². The van der Waals surface area contributed by atoms with Gasteiger partial charge in [0.1, 0.15) is 0 Å². The van der Waals surface area contributed by atoms with Gasteiger partial charge < -0.3 is 15.8 Å². The second-order valence-corrected chi connectivity index (χ2v) is 5.74. The molecule has 1 saturated carbocycles. The number of nitrogens with zero attached hydrogens (tertiary/aromatic N) is 3. The number of methoxy groups -OCH3 is 1. The maximum atomic E-state index is 5.93. The fourth-order valence-corrected chi connectivity index (χ4v) is 2.52. The molecule has 0 aliphatic heterocycles. The van der Waals surface area contributed by atoms with Crippen molar-refractivity contribution in [3.05, 3.63) is 17.0 Å². The Labute approximate surface area is 149 Å². The van der Waals surface area contributed by atoms with Crippen molar-refractivity contribution < 1.29 is 4.74 Å². The first kappa shape index (κ1) is 19.2. The molecule has 3 N–H and O–H groups in total. The van der Waals surface area contributed by atoms with Gasteiger partial charge in [-0.05, 0) is 32.6 Å². The summed E-state index contributed by atoms with van der Waals surface area (Å²) >= 11 is 0. The minimum absolute atomic E-state index is 0. The van der Waals surface area contributed by atoms with Crippen LogP contribution in [0.5, 0.6) is 0 Å². The van der Waals surface area contributed by atoms with Gasteiger partial charge in [0.05, 0.1) is 25.4 Å². The van der Waals surface area contributed by atoms with Gasteiger partial charge >= 0.3 is 0 Å². The molecular formula is C15H28IN5O. The molecule has 1 aliphatic carbocycles. The Morgan fingerprint density at radius 2 is 2.18 bits per heavy atom. The van der Waals surface area contributed by atoms with Gasteiger partial charge in [-0.1, -0.05) is 6.42 Å². The topological polar surface area (TPSA) is 77.5 Å². The summed E-state index contributed by atoms with van der Waals surface area (Å²) in [4.78, 5) is 4.44. The monoisotopic (exact) mass is 421 g/mol. The van der Waals surface area contributed by atoms with Crippen LogP contribution in [0.2, 0.25) is 0 Å². The van der Waals surface area contributed by atoms with Crippen LogP contribution in [0.3, 0.4) is 0 Å². The van der Waals surface area contributed by atoms with Crippen LogP contribution in [0.4, 0.5) is 0 Å². The van der Waals surface area contributed by atoms with Gasteiger partial charge in [-0.3, -0.25) is 4.68 Å². The molecule has 0 radical (unpaired) electrons. The van der Waals surface area contributed by atoms with Crippen LogP contribution in [0.15, 0.2) is 4.99 Å². The van der Waals surface area contributed by atoms with Gasteiger partial charge in [-0.15, -0.1) is 24.0 Å². The summed E-state index contributed by atoms with van der Waals surface area (Å²) < 4.78 is 7.07. The zero-order valence-corrected chi connectivity index (χ0v) is 16.1. The summed E-state index contributed by atoms with van der Waals surface area (Å²) in [7, 11) is 1.70. The van der Waals surface area contributed by atoms with Crippen molar-refractivity contribution in [1.29, 1.82) is 0 Å². The van der Waals surface area contributed by atoms with Gasteiger partial charge in [0, 0.05) is 24.9 Å². The largest absolute Gasteiger partial charge is 0.383 e. The van der Waals surface area contributed by atoms with E-state index in [0.29, 0.717) is 19.1 Å². The van der Waals surface area contributed by atoms with Crippen LogP contribution < -0.4 is 11.1 Å². The smallest absolute Gasteiger partial charge is 0.188 e. The predicted molar refractivity (Wildman–Crippen MR) is 99.7 cm³/mol. The third kappa shape index (κ3) is 5.12. The number of aryl methyl sites for hydroxylation is 1. The molecule has 22 heavy (non-hydrogen) atoms. The molecule has 0 spiro atoms. The Balaban J connectivity index is 0.00000242. The molecule has 0 aromatic carbocycles. The van der Waals surface area contributed by atoms with E-state index in [2.05, 4.69) is 22.3 Å². The third-order valence-corrected chi connectivity index (χ3v) is 4.24. The molecule has 1 aromatic heterocycles. The highest BCUT2D eigenvalue weighted by Crippen LogP contribution is 2.25. The van der Waals surface area contributed by atoms with Crippen LogP contribution >= 0.6 is 24.0 Å². The Hall–Kier alpha value is -0.830. The van der Waals surface area contributed by atoms with Crippen LogP contribution in [-0.2, 0) is 17.8 Å². The van der Waals surface area contributed by atoms with Crippen molar-refractivity contribution in [2.45, 2.75) is 46.2 Å². The van der Waals surface area contributed by atoms with E-state index in [1.807, 2.05) is 11.6 Å². The molecular weight excluding hydrogens is 393 g/mol. The number of nitrogens with two attached hydrogens (primary N) is 1. The lowest BCUT2D eigenvalue weighted by Crippen LogP contribution is -2.37. The first-order valence-electron chi connectivity index (χ1n) is 7.67. The zero-order valence-electron chi connectivity index (χ0n) is 13.8. The summed E-state index contributed by atoms with van der Waals surface area (Å²) in [5, 5.41) is 7.74. The average Bonchev–Trinajstić information content (AvgIpc) is 2.67. The molecule has 0 amide bonds. The van der Waals surface area contributed by atoms with E-state index >= 15 is 0 Å². The molecule has 6 nitrogen and oxygen atoms in total. The molecule has 2 rings (SSSR count). The second-order valence-electron chi connectivity index (χ2n) is 5.74. The number of guanidine groups is 1. The molecule has 7 heteroatoms. The molecule has 126 valence electrons. The minimum atomic E-state index is 0. The summed E-state index contributed by atoms with van der Waals surface area (Å²) in [6, 6.07) is 0. The number of aliphatic imine (C=N–C) groups is 1. The second kappa shape index (κ2) is 9.34. The van der Waals surface area contributed by atoms with Gasteiger partial charge in [-0.2, -0.15) is 5.10 Å². The number of rotatable bonds is 7. The molecule has 0 bridgehead atoms. The van der Waals surface area contributed by atoms with Gasteiger partial charge in [0.15, 0.2) is 5.96 Å². The van der Waals surface area contributed by atoms with E-state index < -0.39 is 0 Å². The predicted octanol–water partition coefficient (Wildman–Crippen LogP) is 1.97. The summed E-state index contributed by atoms with van der Waals surface area (Å²) in [6.45, 7) is 7.03. The van der Waals surface area contributed by atoms with Crippen LogP contribution in [-0.4, -0.2) is 36.0 Å². The summed E-state index contributed by atoms with van der Waals surface area (Å²) in [5.41, 5.74) is 9.23. The van der Waals surface area contributed by atoms with Crippen molar-refractivity contribution >= 4 is 29.9 Å². The first-order chi connectivity index (χ1) is 10.1. The van der Waals surface area contributed by atoms with Crippen molar-refractivity contribution in [3.8, 4) is 0 Å². The Kier molecular flexibility index (Phi) is 8.16. The van der Waals surface area contributed by atoms with Crippen molar-refractivity contribution in [2.24, 2.45) is 16.6 Å². The summed E-state index contributed by atoms with van der Waals surface area (Å²) in [5.74, 6) is 1.31.